The lowest BCUT2D eigenvalue weighted by molar-refractivity contribution is 0.239. The molecule has 4 heteroatoms. The zero-order chi connectivity index (χ0) is 14.6. The van der Waals surface area contributed by atoms with Gasteiger partial charge in [-0.05, 0) is 24.9 Å². The van der Waals surface area contributed by atoms with Crippen molar-refractivity contribution in [2.75, 3.05) is 21.3 Å². The van der Waals surface area contributed by atoms with Crippen molar-refractivity contribution in [2.24, 2.45) is 5.41 Å². The van der Waals surface area contributed by atoms with Gasteiger partial charge in [-0.2, -0.15) is 0 Å². The minimum atomic E-state index is -0.279. The van der Waals surface area contributed by atoms with Crippen molar-refractivity contribution in [3.63, 3.8) is 0 Å². The molecule has 0 spiro atoms. The number of hydrogen-bond donors (Lipinski definition) is 1. The van der Waals surface area contributed by atoms with E-state index in [1.165, 1.54) is 13.2 Å². The van der Waals surface area contributed by atoms with Crippen molar-refractivity contribution in [3.8, 4) is 11.5 Å². The Morgan fingerprint density at radius 1 is 1.21 bits per heavy atom. The summed E-state index contributed by atoms with van der Waals surface area (Å²) >= 11 is 0. The molecule has 1 N–H and O–H groups in total. The molecule has 0 aliphatic heterocycles. The summed E-state index contributed by atoms with van der Waals surface area (Å²) < 4.78 is 24.6. The highest BCUT2D eigenvalue weighted by atomic mass is 19.1. The van der Waals surface area contributed by atoms with E-state index in [-0.39, 0.29) is 17.3 Å². The van der Waals surface area contributed by atoms with Gasteiger partial charge in [-0.15, -0.1) is 0 Å². The number of ether oxygens (including phenoxy) is 2. The number of methoxy groups -OCH3 is 2. The highest BCUT2D eigenvalue weighted by Crippen LogP contribution is 2.40. The Morgan fingerprint density at radius 2 is 1.74 bits per heavy atom. The molecule has 0 saturated carbocycles. The van der Waals surface area contributed by atoms with Gasteiger partial charge in [0.2, 0.25) is 0 Å². The summed E-state index contributed by atoms with van der Waals surface area (Å²) in [5.41, 5.74) is 0.543. The maximum Gasteiger partial charge on any atom is 0.163 e. The summed E-state index contributed by atoms with van der Waals surface area (Å²) in [5, 5.41) is 3.20. The Labute approximate surface area is 115 Å². The van der Waals surface area contributed by atoms with E-state index in [4.69, 9.17) is 9.47 Å². The summed E-state index contributed by atoms with van der Waals surface area (Å²) in [6.45, 7) is 6.33. The minimum Gasteiger partial charge on any atom is -0.493 e. The van der Waals surface area contributed by atoms with Crippen LogP contribution in [0.1, 0.15) is 38.8 Å². The van der Waals surface area contributed by atoms with Gasteiger partial charge >= 0.3 is 0 Å². The van der Waals surface area contributed by atoms with Gasteiger partial charge in [0.15, 0.2) is 11.5 Å². The molecule has 0 aliphatic carbocycles. The molecular formula is C15H24FNO2. The topological polar surface area (TPSA) is 30.5 Å². The zero-order valence-corrected chi connectivity index (χ0v) is 12.6. The minimum absolute atomic E-state index is 0.0603. The first kappa shape index (κ1) is 15.8. The average Bonchev–Trinajstić information content (AvgIpc) is 2.40. The normalized spacial score (nSPS) is 13.2. The first-order valence-corrected chi connectivity index (χ1v) is 6.50. The second-order valence-electron chi connectivity index (χ2n) is 5.29. The summed E-state index contributed by atoms with van der Waals surface area (Å²) in [7, 11) is 4.90. The molecule has 108 valence electrons. The Morgan fingerprint density at radius 3 is 2.16 bits per heavy atom. The van der Waals surface area contributed by atoms with Gasteiger partial charge < -0.3 is 14.8 Å². The van der Waals surface area contributed by atoms with E-state index in [9.17, 15) is 4.39 Å². The predicted molar refractivity (Wildman–Crippen MR) is 75.4 cm³/mol. The summed E-state index contributed by atoms with van der Waals surface area (Å²) in [5.74, 6) is 0.678. The Kier molecular flexibility index (Phi) is 5.18. The number of hydrogen-bond acceptors (Lipinski definition) is 3. The van der Waals surface area contributed by atoms with Crippen LogP contribution in [0.15, 0.2) is 12.1 Å². The van der Waals surface area contributed by atoms with Crippen molar-refractivity contribution < 1.29 is 13.9 Å². The molecule has 1 rings (SSSR count). The van der Waals surface area contributed by atoms with Crippen LogP contribution in [0.25, 0.3) is 0 Å². The molecule has 0 aromatic heterocycles. The van der Waals surface area contributed by atoms with Crippen LogP contribution in [0, 0.1) is 11.2 Å². The van der Waals surface area contributed by atoms with E-state index in [2.05, 4.69) is 26.1 Å². The molecule has 0 fully saturated rings. The maximum absolute atomic E-state index is 14.3. The zero-order valence-electron chi connectivity index (χ0n) is 12.6. The molecule has 1 unspecified atom stereocenters. The summed E-state index contributed by atoms with van der Waals surface area (Å²) in [6.07, 6.45) is 0.937. The molecule has 0 saturated heterocycles. The van der Waals surface area contributed by atoms with Gasteiger partial charge in [-0.25, -0.2) is 4.39 Å². The lowest BCUT2D eigenvalue weighted by Crippen LogP contribution is -2.32. The van der Waals surface area contributed by atoms with Gasteiger partial charge in [-0.1, -0.05) is 20.8 Å². The van der Waals surface area contributed by atoms with Crippen molar-refractivity contribution in [2.45, 2.75) is 33.2 Å². The largest absolute Gasteiger partial charge is 0.493 e. The first-order chi connectivity index (χ1) is 8.91. The van der Waals surface area contributed by atoms with Crippen LogP contribution in [0.2, 0.25) is 0 Å². The number of halogens is 1. The van der Waals surface area contributed by atoms with E-state index < -0.39 is 0 Å². The molecule has 0 heterocycles. The fraction of sp³-hybridized carbons (Fsp3) is 0.600. The number of nitrogens with one attached hydrogen (secondary N) is 1. The monoisotopic (exact) mass is 269 g/mol. The molecule has 0 aliphatic rings. The Bertz CT molecular complexity index is 432. The first-order valence-electron chi connectivity index (χ1n) is 6.50. The van der Waals surface area contributed by atoms with Gasteiger partial charge in [-0.3, -0.25) is 0 Å². The van der Waals surface area contributed by atoms with Crippen LogP contribution in [0.4, 0.5) is 4.39 Å². The number of rotatable bonds is 6. The summed E-state index contributed by atoms with van der Waals surface area (Å²) in [6, 6.07) is 3.01. The molecule has 0 radical (unpaired) electrons. The van der Waals surface area contributed by atoms with Crippen LogP contribution in [0.5, 0.6) is 11.5 Å². The molecule has 1 aromatic carbocycles. The fourth-order valence-electron chi connectivity index (χ4n) is 2.26. The third-order valence-corrected chi connectivity index (χ3v) is 3.80. The van der Waals surface area contributed by atoms with E-state index in [1.807, 2.05) is 7.05 Å². The van der Waals surface area contributed by atoms with Gasteiger partial charge in [0.05, 0.1) is 14.2 Å². The lowest BCUT2D eigenvalue weighted by atomic mass is 9.78. The third-order valence-electron chi connectivity index (χ3n) is 3.80. The van der Waals surface area contributed by atoms with Crippen LogP contribution in [-0.4, -0.2) is 21.3 Å². The highest BCUT2D eigenvalue weighted by molar-refractivity contribution is 5.45. The van der Waals surface area contributed by atoms with E-state index in [0.717, 1.165) is 6.42 Å². The van der Waals surface area contributed by atoms with Crippen molar-refractivity contribution in [1.29, 1.82) is 0 Å². The Hall–Kier alpha value is -1.29. The molecule has 1 aromatic rings. The van der Waals surface area contributed by atoms with Crippen molar-refractivity contribution in [3.05, 3.63) is 23.5 Å². The van der Waals surface area contributed by atoms with Crippen LogP contribution < -0.4 is 14.8 Å². The average molecular weight is 269 g/mol. The van der Waals surface area contributed by atoms with Crippen LogP contribution in [0.3, 0.4) is 0 Å². The van der Waals surface area contributed by atoms with E-state index in [0.29, 0.717) is 17.1 Å². The maximum atomic E-state index is 14.3. The smallest absolute Gasteiger partial charge is 0.163 e. The fourth-order valence-corrected chi connectivity index (χ4v) is 2.26. The van der Waals surface area contributed by atoms with Crippen LogP contribution >= 0.6 is 0 Å². The van der Waals surface area contributed by atoms with Crippen molar-refractivity contribution in [1.82, 2.24) is 5.32 Å². The third kappa shape index (κ3) is 3.18. The van der Waals surface area contributed by atoms with Gasteiger partial charge in [0, 0.05) is 17.7 Å². The quantitative estimate of drug-likeness (QED) is 0.857. The van der Waals surface area contributed by atoms with E-state index >= 15 is 0 Å². The van der Waals surface area contributed by atoms with Crippen LogP contribution in [-0.2, 0) is 0 Å². The molecular weight excluding hydrogens is 245 g/mol. The second-order valence-corrected chi connectivity index (χ2v) is 5.29. The lowest BCUT2D eigenvalue weighted by Gasteiger charge is -2.34. The van der Waals surface area contributed by atoms with Gasteiger partial charge in [0.1, 0.15) is 5.82 Å². The van der Waals surface area contributed by atoms with Gasteiger partial charge in [0.25, 0.3) is 0 Å². The number of benzene rings is 1. The van der Waals surface area contributed by atoms with E-state index in [1.54, 1.807) is 13.2 Å². The standard InChI is InChI=1S/C15H24FNO2/c1-7-15(2,3)14(17-4)10-8-12(18-5)13(19-6)9-11(10)16/h8-9,14,17H,7H2,1-6H3. The molecule has 0 amide bonds. The SMILES string of the molecule is CCC(C)(C)C(NC)c1cc(OC)c(OC)cc1F. The molecule has 19 heavy (non-hydrogen) atoms. The summed E-state index contributed by atoms with van der Waals surface area (Å²) in [4.78, 5) is 0. The Balaban J connectivity index is 3.32. The second kappa shape index (κ2) is 6.24. The molecule has 1 atom stereocenters. The molecule has 0 bridgehead atoms. The predicted octanol–water partition coefficient (Wildman–Crippen LogP) is 3.54. The molecule has 3 nitrogen and oxygen atoms in total. The van der Waals surface area contributed by atoms with Crippen molar-refractivity contribution >= 4 is 0 Å². The highest BCUT2D eigenvalue weighted by Gasteiger charge is 2.30.